The lowest BCUT2D eigenvalue weighted by Crippen LogP contribution is -2.45. The molecule has 1 fully saturated rings. The van der Waals surface area contributed by atoms with E-state index in [4.69, 9.17) is 0 Å². The fraction of sp³-hybridized carbons (Fsp3) is 0.500. The van der Waals surface area contributed by atoms with Crippen molar-refractivity contribution in [3.05, 3.63) is 29.3 Å². The summed E-state index contributed by atoms with van der Waals surface area (Å²) in [6.07, 6.45) is 2.66. The van der Waals surface area contributed by atoms with Crippen LogP contribution in [0.25, 0.3) is 0 Å². The maximum atomic E-state index is 12.5. The molecule has 0 saturated carbocycles. The first-order valence-corrected chi connectivity index (χ1v) is 8.39. The Balaban J connectivity index is 2.33. The summed E-state index contributed by atoms with van der Waals surface area (Å²) in [4.78, 5) is 11.3. The van der Waals surface area contributed by atoms with Crippen LogP contribution in [0.2, 0.25) is 0 Å². The molecule has 6 nitrogen and oxygen atoms in total. The van der Waals surface area contributed by atoms with Gasteiger partial charge in [-0.2, -0.15) is 12.7 Å². The Morgan fingerprint density at radius 1 is 1.38 bits per heavy atom. The highest BCUT2D eigenvalue weighted by Crippen LogP contribution is 2.25. The van der Waals surface area contributed by atoms with Gasteiger partial charge in [0, 0.05) is 12.6 Å². The Hall–Kier alpha value is -1.60. The molecule has 21 heavy (non-hydrogen) atoms. The van der Waals surface area contributed by atoms with E-state index in [1.807, 2.05) is 6.92 Å². The smallest absolute Gasteiger partial charge is 0.338 e. The van der Waals surface area contributed by atoms with E-state index in [1.165, 1.54) is 10.4 Å². The number of rotatable bonds is 4. The standard InChI is InChI=1S/C14H20N2O4S/c1-10-6-5-8-12(13(10)14(17)18)15-21(19,20)16-9-4-3-7-11(16)2/h5-6,8,11,15H,3-4,7,9H2,1-2H3,(H,17,18). The molecule has 7 heteroatoms. The minimum absolute atomic E-state index is 0.00858. The topological polar surface area (TPSA) is 86.7 Å². The number of carboxylic acids is 1. The molecule has 1 aromatic rings. The van der Waals surface area contributed by atoms with Crippen molar-refractivity contribution < 1.29 is 18.3 Å². The zero-order chi connectivity index (χ0) is 15.6. The Kier molecular flexibility index (Phi) is 4.53. The average Bonchev–Trinajstić information content (AvgIpc) is 2.38. The molecular weight excluding hydrogens is 292 g/mol. The largest absolute Gasteiger partial charge is 0.478 e. The van der Waals surface area contributed by atoms with Crippen molar-refractivity contribution in [1.29, 1.82) is 0 Å². The van der Waals surface area contributed by atoms with Crippen LogP contribution in [0.4, 0.5) is 5.69 Å². The normalized spacial score (nSPS) is 20.2. The van der Waals surface area contributed by atoms with Crippen LogP contribution in [-0.2, 0) is 10.2 Å². The van der Waals surface area contributed by atoms with E-state index in [-0.39, 0.29) is 17.3 Å². The van der Waals surface area contributed by atoms with Crippen molar-refractivity contribution in [3.63, 3.8) is 0 Å². The molecule has 0 radical (unpaired) electrons. The minimum Gasteiger partial charge on any atom is -0.478 e. The molecule has 0 spiro atoms. The third-order valence-electron chi connectivity index (χ3n) is 3.78. The molecule has 1 unspecified atom stereocenters. The number of piperidine rings is 1. The van der Waals surface area contributed by atoms with E-state index < -0.39 is 16.2 Å². The van der Waals surface area contributed by atoms with E-state index in [0.717, 1.165) is 19.3 Å². The monoisotopic (exact) mass is 312 g/mol. The van der Waals surface area contributed by atoms with Crippen molar-refractivity contribution in [2.45, 2.75) is 39.2 Å². The van der Waals surface area contributed by atoms with Gasteiger partial charge in [0.15, 0.2) is 0 Å². The molecule has 116 valence electrons. The van der Waals surface area contributed by atoms with E-state index in [0.29, 0.717) is 12.1 Å². The van der Waals surface area contributed by atoms with Crippen molar-refractivity contribution in [2.24, 2.45) is 0 Å². The molecule has 1 heterocycles. The number of hydrogen-bond donors (Lipinski definition) is 2. The number of nitrogens with zero attached hydrogens (tertiary/aromatic N) is 1. The van der Waals surface area contributed by atoms with Gasteiger partial charge in [0.25, 0.3) is 0 Å². The molecule has 1 aliphatic heterocycles. The Labute approximate surface area is 125 Å². The fourth-order valence-electron chi connectivity index (χ4n) is 2.66. The summed E-state index contributed by atoms with van der Waals surface area (Å²) in [7, 11) is -3.74. The number of carboxylic acid groups (broad SMARTS) is 1. The zero-order valence-corrected chi connectivity index (χ0v) is 13.0. The summed E-state index contributed by atoms with van der Waals surface area (Å²) in [6.45, 7) is 3.97. The third-order valence-corrected chi connectivity index (χ3v) is 5.41. The molecule has 1 atom stereocenters. The van der Waals surface area contributed by atoms with Gasteiger partial charge < -0.3 is 5.11 Å². The molecule has 2 N–H and O–H groups in total. The lowest BCUT2D eigenvalue weighted by molar-refractivity contribution is 0.0697. The number of aromatic carboxylic acids is 1. The van der Waals surface area contributed by atoms with Crippen LogP contribution in [-0.4, -0.2) is 36.4 Å². The summed E-state index contributed by atoms with van der Waals surface area (Å²) < 4.78 is 28.8. The molecule has 0 amide bonds. The average molecular weight is 312 g/mol. The lowest BCUT2D eigenvalue weighted by atomic mass is 10.1. The highest BCUT2D eigenvalue weighted by Gasteiger charge is 2.30. The second-order valence-electron chi connectivity index (χ2n) is 5.37. The first-order valence-electron chi connectivity index (χ1n) is 6.95. The predicted octanol–water partition coefficient (Wildman–Crippen LogP) is 2.22. The van der Waals surface area contributed by atoms with E-state index in [9.17, 15) is 18.3 Å². The SMILES string of the molecule is Cc1cccc(NS(=O)(=O)N2CCCCC2C)c1C(=O)O. The van der Waals surface area contributed by atoms with Crippen molar-refractivity contribution in [3.8, 4) is 0 Å². The van der Waals surface area contributed by atoms with Crippen LogP contribution in [0, 0.1) is 6.92 Å². The number of hydrogen-bond acceptors (Lipinski definition) is 3. The van der Waals surface area contributed by atoms with Crippen LogP contribution in [0.1, 0.15) is 42.1 Å². The fourth-order valence-corrected chi connectivity index (χ4v) is 4.18. The molecular formula is C14H20N2O4S. The van der Waals surface area contributed by atoms with Gasteiger partial charge in [-0.1, -0.05) is 18.6 Å². The molecule has 2 rings (SSSR count). The van der Waals surface area contributed by atoms with Crippen molar-refractivity contribution in [2.75, 3.05) is 11.3 Å². The lowest BCUT2D eigenvalue weighted by Gasteiger charge is -2.32. The predicted molar refractivity (Wildman–Crippen MR) is 80.7 cm³/mol. The van der Waals surface area contributed by atoms with Gasteiger partial charge in [-0.15, -0.1) is 0 Å². The van der Waals surface area contributed by atoms with E-state index in [2.05, 4.69) is 4.72 Å². The summed E-state index contributed by atoms with van der Waals surface area (Å²) in [5, 5.41) is 9.26. The molecule has 1 saturated heterocycles. The quantitative estimate of drug-likeness (QED) is 0.892. The van der Waals surface area contributed by atoms with Gasteiger partial charge in [-0.3, -0.25) is 4.72 Å². The summed E-state index contributed by atoms with van der Waals surface area (Å²) in [5.41, 5.74) is 0.625. The Morgan fingerprint density at radius 2 is 2.10 bits per heavy atom. The summed E-state index contributed by atoms with van der Waals surface area (Å²) in [5.74, 6) is -1.14. The van der Waals surface area contributed by atoms with Crippen LogP contribution in [0.15, 0.2) is 18.2 Å². The van der Waals surface area contributed by atoms with Gasteiger partial charge in [0.2, 0.25) is 0 Å². The van der Waals surface area contributed by atoms with Crippen LogP contribution >= 0.6 is 0 Å². The number of nitrogens with one attached hydrogen (secondary N) is 1. The highest BCUT2D eigenvalue weighted by atomic mass is 32.2. The first kappa shape index (κ1) is 15.8. The maximum Gasteiger partial charge on any atom is 0.338 e. The minimum atomic E-state index is -3.74. The zero-order valence-electron chi connectivity index (χ0n) is 12.2. The Bertz CT molecular complexity index is 642. The van der Waals surface area contributed by atoms with Crippen molar-refractivity contribution in [1.82, 2.24) is 4.31 Å². The number of benzene rings is 1. The molecule has 1 aromatic carbocycles. The second-order valence-corrected chi connectivity index (χ2v) is 6.99. The van der Waals surface area contributed by atoms with Crippen LogP contribution < -0.4 is 4.72 Å². The first-order chi connectivity index (χ1) is 9.83. The van der Waals surface area contributed by atoms with Gasteiger partial charge in [0.1, 0.15) is 0 Å². The van der Waals surface area contributed by atoms with E-state index >= 15 is 0 Å². The molecule has 0 aliphatic carbocycles. The molecule has 1 aliphatic rings. The van der Waals surface area contributed by atoms with E-state index in [1.54, 1.807) is 19.1 Å². The number of carbonyl (C=O) groups is 1. The van der Waals surface area contributed by atoms with Gasteiger partial charge >= 0.3 is 16.2 Å². The van der Waals surface area contributed by atoms with Gasteiger partial charge in [0.05, 0.1) is 11.3 Å². The van der Waals surface area contributed by atoms with Crippen LogP contribution in [0.3, 0.4) is 0 Å². The van der Waals surface area contributed by atoms with Crippen LogP contribution in [0.5, 0.6) is 0 Å². The van der Waals surface area contributed by atoms with Crippen molar-refractivity contribution >= 4 is 21.9 Å². The maximum absolute atomic E-state index is 12.5. The third kappa shape index (κ3) is 3.36. The number of aryl methyl sites for hydroxylation is 1. The highest BCUT2D eigenvalue weighted by molar-refractivity contribution is 7.90. The summed E-state index contributed by atoms with van der Waals surface area (Å²) in [6, 6.07) is 4.68. The summed E-state index contributed by atoms with van der Waals surface area (Å²) >= 11 is 0. The Morgan fingerprint density at radius 3 is 2.71 bits per heavy atom. The second kappa shape index (κ2) is 6.03. The van der Waals surface area contributed by atoms with Gasteiger partial charge in [-0.05, 0) is 38.3 Å². The number of anilines is 1. The van der Waals surface area contributed by atoms with Gasteiger partial charge in [-0.25, -0.2) is 4.79 Å². The molecule has 0 aromatic heterocycles. The molecule has 0 bridgehead atoms.